The molecule has 4 fully saturated rings. The zero-order valence-corrected chi connectivity index (χ0v) is 17.7. The molecule has 1 N–H and O–H groups in total. The van der Waals surface area contributed by atoms with Gasteiger partial charge in [-0.25, -0.2) is 0 Å². The van der Waals surface area contributed by atoms with Gasteiger partial charge < -0.3 is 10.1 Å². The number of benzene rings is 1. The Morgan fingerprint density at radius 2 is 1.87 bits per heavy atom. The van der Waals surface area contributed by atoms with Gasteiger partial charge in [0.05, 0.1) is 11.2 Å². The lowest BCUT2D eigenvalue weighted by molar-refractivity contribution is -0.0853. The zero-order chi connectivity index (χ0) is 20.7. The van der Waals surface area contributed by atoms with E-state index in [-0.39, 0.29) is 11.1 Å². The SMILES string of the molecule is c1ccc(COc2ccc(CNC34CC5CC(C3)CC(n3ncnn3)(C5)C4)cc2)nc1. The lowest BCUT2D eigenvalue weighted by Crippen LogP contribution is -2.65. The van der Waals surface area contributed by atoms with Crippen molar-refractivity contribution in [2.24, 2.45) is 11.8 Å². The smallest absolute Gasteiger partial charge is 0.162 e. The highest BCUT2D eigenvalue weighted by atomic mass is 16.5. The molecule has 2 heterocycles. The maximum Gasteiger partial charge on any atom is 0.162 e. The molecule has 2 aromatic heterocycles. The number of nitrogens with zero attached hydrogens (tertiary/aromatic N) is 5. The van der Waals surface area contributed by atoms with Crippen molar-refractivity contribution >= 4 is 0 Å². The predicted molar refractivity (Wildman–Crippen MR) is 115 cm³/mol. The summed E-state index contributed by atoms with van der Waals surface area (Å²) in [5.41, 5.74) is 2.46. The van der Waals surface area contributed by atoms with Crippen LogP contribution in [0.3, 0.4) is 0 Å². The van der Waals surface area contributed by atoms with Crippen molar-refractivity contribution in [3.63, 3.8) is 0 Å². The minimum absolute atomic E-state index is 0.0523. The lowest BCUT2D eigenvalue weighted by atomic mass is 9.50. The van der Waals surface area contributed by atoms with Crippen LogP contribution in [0.4, 0.5) is 0 Å². The molecule has 0 radical (unpaired) electrons. The average molecular weight is 417 g/mol. The van der Waals surface area contributed by atoms with Crippen molar-refractivity contribution in [1.29, 1.82) is 0 Å². The summed E-state index contributed by atoms with van der Waals surface area (Å²) >= 11 is 0. The number of nitrogens with one attached hydrogen (secondary N) is 1. The summed E-state index contributed by atoms with van der Waals surface area (Å²) in [6.45, 7) is 1.36. The first-order valence-electron chi connectivity index (χ1n) is 11.3. The van der Waals surface area contributed by atoms with Gasteiger partial charge in [-0.15, -0.1) is 10.2 Å². The zero-order valence-electron chi connectivity index (χ0n) is 17.7. The summed E-state index contributed by atoms with van der Waals surface area (Å²) in [5, 5.41) is 16.7. The number of pyridine rings is 1. The number of aromatic nitrogens is 5. The highest BCUT2D eigenvalue weighted by molar-refractivity contribution is 5.28. The Bertz CT molecular complexity index is 1010. The van der Waals surface area contributed by atoms with Crippen LogP contribution in [0.15, 0.2) is 55.0 Å². The van der Waals surface area contributed by atoms with E-state index in [1.807, 2.05) is 23.0 Å². The molecule has 160 valence electrons. The third-order valence-electron chi connectivity index (χ3n) is 7.51. The maximum absolute atomic E-state index is 5.87. The molecule has 4 aliphatic rings. The van der Waals surface area contributed by atoms with Crippen LogP contribution in [0, 0.1) is 11.8 Å². The van der Waals surface area contributed by atoms with Crippen LogP contribution in [0.5, 0.6) is 5.75 Å². The molecule has 2 unspecified atom stereocenters. The topological polar surface area (TPSA) is 77.8 Å². The van der Waals surface area contributed by atoms with Gasteiger partial charge in [0.25, 0.3) is 0 Å². The monoisotopic (exact) mass is 416 g/mol. The van der Waals surface area contributed by atoms with E-state index in [0.29, 0.717) is 6.61 Å². The largest absolute Gasteiger partial charge is 0.487 e. The van der Waals surface area contributed by atoms with Crippen molar-refractivity contribution in [2.45, 2.75) is 62.8 Å². The summed E-state index contributed by atoms with van der Waals surface area (Å²) in [5.74, 6) is 2.41. The van der Waals surface area contributed by atoms with Crippen LogP contribution in [0.25, 0.3) is 0 Å². The van der Waals surface area contributed by atoms with Gasteiger partial charge in [0.15, 0.2) is 6.33 Å². The van der Waals surface area contributed by atoms with E-state index in [1.165, 1.54) is 37.7 Å². The first-order valence-corrected chi connectivity index (χ1v) is 11.3. The van der Waals surface area contributed by atoms with E-state index >= 15 is 0 Å². The number of hydrogen-bond donors (Lipinski definition) is 1. The van der Waals surface area contributed by atoms with Gasteiger partial charge >= 0.3 is 0 Å². The number of ether oxygens (including phenoxy) is 1. The van der Waals surface area contributed by atoms with Gasteiger partial charge in [0.2, 0.25) is 0 Å². The highest BCUT2D eigenvalue weighted by Gasteiger charge is 2.59. The summed E-state index contributed by atoms with van der Waals surface area (Å²) < 4.78 is 5.87. The van der Waals surface area contributed by atoms with Crippen LogP contribution in [-0.4, -0.2) is 30.7 Å². The van der Waals surface area contributed by atoms with Gasteiger partial charge in [-0.05, 0) is 85.4 Å². The standard InChI is InChI=1S/C24H28N6O/c1-2-8-25-21(3-1)15-31-22-6-4-18(5-7-22)14-26-23-10-19-9-20(11-23)13-24(12-19,16-23)30-28-17-27-29-30/h1-8,17,19-20,26H,9-16H2. The van der Waals surface area contributed by atoms with E-state index < -0.39 is 0 Å². The molecule has 4 saturated carbocycles. The molecule has 0 amide bonds. The minimum Gasteiger partial charge on any atom is -0.487 e. The Hall–Kier alpha value is -2.80. The van der Waals surface area contributed by atoms with E-state index in [4.69, 9.17) is 4.74 Å². The lowest BCUT2D eigenvalue weighted by Gasteiger charge is -2.61. The van der Waals surface area contributed by atoms with Crippen molar-refractivity contribution in [3.8, 4) is 5.75 Å². The van der Waals surface area contributed by atoms with Crippen molar-refractivity contribution in [3.05, 3.63) is 66.2 Å². The maximum atomic E-state index is 5.87. The molecular weight excluding hydrogens is 388 g/mol. The number of rotatable bonds is 7. The van der Waals surface area contributed by atoms with Crippen molar-refractivity contribution in [2.75, 3.05) is 0 Å². The molecule has 0 saturated heterocycles. The predicted octanol–water partition coefficient (Wildman–Crippen LogP) is 3.48. The molecule has 3 aromatic rings. The minimum atomic E-state index is 0.0523. The van der Waals surface area contributed by atoms with Crippen LogP contribution < -0.4 is 10.1 Å². The summed E-state index contributed by atoms with van der Waals surface area (Å²) in [6.07, 6.45) is 10.8. The number of tetrazole rings is 1. The Labute approximate surface area is 182 Å². The van der Waals surface area contributed by atoms with Gasteiger partial charge in [-0.1, -0.05) is 18.2 Å². The summed E-state index contributed by atoms with van der Waals surface area (Å²) in [6, 6.07) is 14.3. The Balaban J connectivity index is 1.11. The first-order chi connectivity index (χ1) is 15.2. The molecular formula is C24H28N6O. The van der Waals surface area contributed by atoms with E-state index in [2.05, 4.69) is 50.0 Å². The van der Waals surface area contributed by atoms with Crippen LogP contribution in [0.1, 0.15) is 49.8 Å². The molecule has 4 aliphatic carbocycles. The summed E-state index contributed by atoms with van der Waals surface area (Å²) in [7, 11) is 0. The van der Waals surface area contributed by atoms with Gasteiger partial charge in [-0.3, -0.25) is 4.98 Å². The molecule has 1 aromatic carbocycles. The van der Waals surface area contributed by atoms with Gasteiger partial charge in [-0.2, -0.15) is 4.80 Å². The third-order valence-corrected chi connectivity index (χ3v) is 7.51. The van der Waals surface area contributed by atoms with Crippen LogP contribution in [0.2, 0.25) is 0 Å². The fourth-order valence-electron chi connectivity index (χ4n) is 6.67. The second-order valence-electron chi connectivity index (χ2n) is 9.80. The molecule has 4 bridgehead atoms. The first kappa shape index (κ1) is 18.9. The van der Waals surface area contributed by atoms with Crippen LogP contribution in [-0.2, 0) is 18.7 Å². The molecule has 0 spiro atoms. The normalized spacial score (nSPS) is 31.1. The molecule has 7 rings (SSSR count). The average Bonchev–Trinajstić information content (AvgIpc) is 3.33. The van der Waals surface area contributed by atoms with Gasteiger partial charge in [0.1, 0.15) is 12.4 Å². The fourth-order valence-corrected chi connectivity index (χ4v) is 6.67. The highest BCUT2D eigenvalue weighted by Crippen LogP contribution is 2.60. The Morgan fingerprint density at radius 3 is 2.58 bits per heavy atom. The van der Waals surface area contributed by atoms with Crippen molar-refractivity contribution < 1.29 is 4.74 Å². The van der Waals surface area contributed by atoms with E-state index in [1.54, 1.807) is 12.5 Å². The molecule has 7 nitrogen and oxygen atoms in total. The quantitative estimate of drug-likeness (QED) is 0.635. The van der Waals surface area contributed by atoms with E-state index in [0.717, 1.165) is 36.2 Å². The fraction of sp³-hybridized carbons (Fsp3) is 0.500. The molecule has 2 atom stereocenters. The summed E-state index contributed by atoms with van der Waals surface area (Å²) in [4.78, 5) is 6.23. The van der Waals surface area contributed by atoms with E-state index in [9.17, 15) is 0 Å². The van der Waals surface area contributed by atoms with Gasteiger partial charge in [0, 0.05) is 18.3 Å². The van der Waals surface area contributed by atoms with Crippen molar-refractivity contribution in [1.82, 2.24) is 30.5 Å². The molecule has 0 aliphatic heterocycles. The third kappa shape index (κ3) is 3.61. The Kier molecular flexibility index (Phi) is 4.52. The molecule has 7 heteroatoms. The second-order valence-corrected chi connectivity index (χ2v) is 9.80. The molecule has 31 heavy (non-hydrogen) atoms. The second kappa shape index (κ2) is 7.41. The van der Waals surface area contributed by atoms with Crippen LogP contribution >= 0.6 is 0 Å². The number of hydrogen-bond acceptors (Lipinski definition) is 6. The Morgan fingerprint density at radius 1 is 1.03 bits per heavy atom.